The van der Waals surface area contributed by atoms with Gasteiger partial charge in [0.1, 0.15) is 28.5 Å². The predicted molar refractivity (Wildman–Crippen MR) is 153 cm³/mol. The zero-order chi connectivity index (χ0) is 29.3. The van der Waals surface area contributed by atoms with Crippen molar-refractivity contribution in [1.82, 2.24) is 14.1 Å². The van der Waals surface area contributed by atoms with Crippen LogP contribution in [0.4, 0.5) is 0 Å². The second-order valence-corrected chi connectivity index (χ2v) is 11.4. The van der Waals surface area contributed by atoms with Crippen molar-refractivity contribution < 1.29 is 28.5 Å². The van der Waals surface area contributed by atoms with Crippen molar-refractivity contribution in [1.29, 1.82) is 0 Å². The van der Waals surface area contributed by atoms with Gasteiger partial charge in [-0.05, 0) is 52.2 Å². The number of aryl methyl sites for hydroxylation is 1. The minimum atomic E-state index is -1.82. The zero-order valence-electron chi connectivity index (χ0n) is 23.4. The van der Waals surface area contributed by atoms with Crippen molar-refractivity contribution >= 4 is 27.5 Å². The molecule has 0 aliphatic carbocycles. The molecule has 0 amide bonds. The average molecular weight is 584 g/mol. The van der Waals surface area contributed by atoms with E-state index in [1.165, 1.54) is 42.2 Å². The smallest absolute Gasteiger partial charge is 0.333 e. The maximum Gasteiger partial charge on any atom is 0.333 e. The van der Waals surface area contributed by atoms with Crippen LogP contribution in [0.5, 0.6) is 5.75 Å². The summed E-state index contributed by atoms with van der Waals surface area (Å²) >= 11 is 1.20. The highest BCUT2D eigenvalue weighted by Gasteiger charge is 2.36. The summed E-state index contributed by atoms with van der Waals surface area (Å²) in [6.07, 6.45) is 3.55. The highest BCUT2D eigenvalue weighted by atomic mass is 32.1. The number of aliphatic carboxylic acids is 1. The zero-order valence-corrected chi connectivity index (χ0v) is 24.2. The van der Waals surface area contributed by atoms with Gasteiger partial charge in [-0.2, -0.15) is 0 Å². The van der Waals surface area contributed by atoms with E-state index in [1.54, 1.807) is 6.92 Å². The molecule has 12 heteroatoms. The Balaban J connectivity index is 1.75. The lowest BCUT2D eigenvalue weighted by Gasteiger charge is -2.30. The summed E-state index contributed by atoms with van der Waals surface area (Å²) in [4.78, 5) is 45.5. The number of thiophene rings is 1. The van der Waals surface area contributed by atoms with Gasteiger partial charge < -0.3 is 23.7 Å². The average Bonchev–Trinajstić information content (AvgIpc) is 3.59. The molecule has 0 saturated carbocycles. The number of rotatable bonds is 10. The second-order valence-electron chi connectivity index (χ2n) is 10.4. The number of para-hydroxylation sites is 1. The van der Waals surface area contributed by atoms with Crippen molar-refractivity contribution in [2.75, 3.05) is 19.8 Å². The first kappa shape index (κ1) is 28.8. The molecular formula is C29H33N3O8S. The highest BCUT2D eigenvalue weighted by Crippen LogP contribution is 2.37. The molecule has 1 aromatic carbocycles. The Hall–Kier alpha value is -3.74. The maximum atomic E-state index is 14.2. The van der Waals surface area contributed by atoms with Crippen LogP contribution in [0, 0.1) is 6.92 Å². The van der Waals surface area contributed by atoms with Gasteiger partial charge in [0.2, 0.25) is 5.89 Å². The van der Waals surface area contributed by atoms with E-state index in [4.69, 9.17) is 18.6 Å². The SMILES string of the molecule is CCOc1ccccc1C(Cn1c(=O)n(C(C)(C)C(=O)O)c(=O)c2c(C)c(-c3ncco3)sc21)OC1CCOCC1. The van der Waals surface area contributed by atoms with Crippen LogP contribution in [0.15, 0.2) is 50.7 Å². The van der Waals surface area contributed by atoms with E-state index < -0.39 is 28.9 Å². The fourth-order valence-corrected chi connectivity index (χ4v) is 6.34. The van der Waals surface area contributed by atoms with Gasteiger partial charge in [0.25, 0.3) is 5.56 Å². The molecule has 41 heavy (non-hydrogen) atoms. The highest BCUT2D eigenvalue weighted by molar-refractivity contribution is 7.22. The summed E-state index contributed by atoms with van der Waals surface area (Å²) in [7, 11) is 0. The molecule has 1 aliphatic heterocycles. The molecule has 1 saturated heterocycles. The van der Waals surface area contributed by atoms with Gasteiger partial charge in [-0.25, -0.2) is 19.1 Å². The number of oxazole rings is 1. The van der Waals surface area contributed by atoms with Crippen molar-refractivity contribution in [2.45, 2.75) is 64.8 Å². The largest absolute Gasteiger partial charge is 0.493 e. The van der Waals surface area contributed by atoms with E-state index in [0.29, 0.717) is 59.6 Å². The summed E-state index contributed by atoms with van der Waals surface area (Å²) in [6, 6.07) is 7.49. The van der Waals surface area contributed by atoms with Crippen molar-refractivity contribution in [2.24, 2.45) is 0 Å². The number of carboxylic acid groups (broad SMARTS) is 1. The molecule has 1 atom stereocenters. The van der Waals surface area contributed by atoms with E-state index in [1.807, 2.05) is 31.2 Å². The Kier molecular flexibility index (Phi) is 8.16. The normalized spacial score (nSPS) is 15.3. The van der Waals surface area contributed by atoms with Crippen LogP contribution in [-0.4, -0.2) is 51.1 Å². The Morgan fingerprint density at radius 2 is 1.98 bits per heavy atom. The quantitative estimate of drug-likeness (QED) is 0.289. The molecule has 11 nitrogen and oxygen atoms in total. The van der Waals surface area contributed by atoms with Crippen LogP contribution >= 0.6 is 11.3 Å². The first-order valence-corrected chi connectivity index (χ1v) is 14.3. The monoisotopic (exact) mass is 583 g/mol. The van der Waals surface area contributed by atoms with E-state index in [0.717, 1.165) is 10.1 Å². The van der Waals surface area contributed by atoms with Crippen LogP contribution in [-0.2, 0) is 26.4 Å². The Bertz CT molecular complexity index is 1660. The standard InChI is InChI=1S/C29H33N3O8S/c1-5-38-20-9-7-6-8-19(20)21(40-18-10-13-37-14-11-18)16-31-26-22(17(2)23(41-26)24-30-12-15-39-24)25(33)32(28(31)36)29(3,4)27(34)35/h6-9,12,15,18,21H,5,10-11,13-14,16H2,1-4H3,(H,34,35). The Labute approximate surface area is 239 Å². The third-order valence-corrected chi connectivity index (χ3v) is 8.66. The number of benzene rings is 1. The third-order valence-electron chi connectivity index (χ3n) is 7.36. The van der Waals surface area contributed by atoms with Gasteiger partial charge in [-0.1, -0.05) is 18.2 Å². The number of carbonyl (C=O) groups is 1. The first-order valence-electron chi connectivity index (χ1n) is 13.5. The molecule has 5 rings (SSSR count). The lowest BCUT2D eigenvalue weighted by molar-refractivity contribution is -0.146. The van der Waals surface area contributed by atoms with E-state index in [9.17, 15) is 19.5 Å². The Morgan fingerprint density at radius 1 is 1.24 bits per heavy atom. The van der Waals surface area contributed by atoms with Crippen LogP contribution in [0.1, 0.15) is 50.8 Å². The molecule has 0 spiro atoms. The van der Waals surface area contributed by atoms with E-state index in [2.05, 4.69) is 4.98 Å². The summed E-state index contributed by atoms with van der Waals surface area (Å²) < 4.78 is 25.9. The molecule has 0 radical (unpaired) electrons. The number of aromatic nitrogens is 3. The van der Waals surface area contributed by atoms with E-state index in [-0.39, 0.29) is 18.0 Å². The molecule has 0 bridgehead atoms. The molecule has 3 aromatic heterocycles. The number of hydrogen-bond donors (Lipinski definition) is 1. The van der Waals surface area contributed by atoms with Crippen molar-refractivity contribution in [3.63, 3.8) is 0 Å². The number of fused-ring (bicyclic) bond motifs is 1. The van der Waals surface area contributed by atoms with Crippen molar-refractivity contribution in [3.8, 4) is 16.5 Å². The predicted octanol–water partition coefficient (Wildman–Crippen LogP) is 4.34. The molecule has 4 aromatic rings. The van der Waals surface area contributed by atoms with Crippen LogP contribution < -0.4 is 16.0 Å². The summed E-state index contributed by atoms with van der Waals surface area (Å²) in [5, 5.41) is 10.3. The van der Waals surface area contributed by atoms with Gasteiger partial charge in [0, 0.05) is 18.8 Å². The van der Waals surface area contributed by atoms with Crippen LogP contribution in [0.2, 0.25) is 0 Å². The molecule has 1 fully saturated rings. The minimum Gasteiger partial charge on any atom is -0.493 e. The van der Waals surface area contributed by atoms with Gasteiger partial charge in [0.15, 0.2) is 0 Å². The number of carboxylic acids is 1. The van der Waals surface area contributed by atoms with Gasteiger partial charge in [0.05, 0.1) is 35.7 Å². The first-order chi connectivity index (χ1) is 19.6. The van der Waals surface area contributed by atoms with Gasteiger partial charge >= 0.3 is 11.7 Å². The number of hydrogen-bond acceptors (Lipinski definition) is 9. The Morgan fingerprint density at radius 3 is 2.63 bits per heavy atom. The minimum absolute atomic E-state index is 0.0116. The summed E-state index contributed by atoms with van der Waals surface area (Å²) in [5.74, 6) is -0.374. The molecule has 218 valence electrons. The van der Waals surface area contributed by atoms with Gasteiger partial charge in [-0.15, -0.1) is 11.3 Å². The van der Waals surface area contributed by atoms with Gasteiger partial charge in [-0.3, -0.25) is 9.36 Å². The second kappa shape index (κ2) is 11.6. The summed E-state index contributed by atoms with van der Waals surface area (Å²) in [5.41, 5.74) is -1.95. The number of ether oxygens (including phenoxy) is 3. The fraction of sp³-hybridized carbons (Fsp3) is 0.448. The summed E-state index contributed by atoms with van der Waals surface area (Å²) in [6.45, 7) is 7.89. The molecule has 1 aliphatic rings. The van der Waals surface area contributed by atoms with Crippen LogP contribution in [0.3, 0.4) is 0 Å². The topological polar surface area (TPSA) is 135 Å². The lowest BCUT2D eigenvalue weighted by atomic mass is 10.0. The van der Waals surface area contributed by atoms with E-state index >= 15 is 0 Å². The molecular weight excluding hydrogens is 550 g/mol. The maximum absolute atomic E-state index is 14.2. The molecule has 1 N–H and O–H groups in total. The van der Waals surface area contributed by atoms with Crippen molar-refractivity contribution in [3.05, 3.63) is 68.7 Å². The third kappa shape index (κ3) is 5.34. The van der Waals surface area contributed by atoms with Crippen LogP contribution in [0.25, 0.3) is 21.0 Å². The molecule has 1 unspecified atom stereocenters. The lowest BCUT2D eigenvalue weighted by Crippen LogP contribution is -2.52. The molecule has 4 heterocycles. The number of nitrogens with zero attached hydrogens (tertiary/aromatic N) is 3. The fourth-order valence-electron chi connectivity index (χ4n) is 5.09.